The molecule has 0 saturated heterocycles. The summed E-state index contributed by atoms with van der Waals surface area (Å²) in [7, 11) is 0. The van der Waals surface area contributed by atoms with Gasteiger partial charge in [0.25, 0.3) is 0 Å². The molecule has 5 heteroatoms. The van der Waals surface area contributed by atoms with E-state index in [4.69, 9.17) is 5.73 Å². The topological polar surface area (TPSA) is 75.4 Å². The first-order valence-corrected chi connectivity index (χ1v) is 7.69. The molecule has 0 bridgehead atoms. The normalized spacial score (nSPS) is 14.3. The van der Waals surface area contributed by atoms with E-state index in [0.717, 1.165) is 38.8 Å². The van der Waals surface area contributed by atoms with Gasteiger partial charge in [0.05, 0.1) is 12.1 Å². The van der Waals surface area contributed by atoms with Gasteiger partial charge in [0.1, 0.15) is 6.29 Å². The van der Waals surface area contributed by atoms with Gasteiger partial charge in [0, 0.05) is 0 Å². The largest absolute Gasteiger partial charge is 0.345 e. The number of carbonyl (C=O) groups is 2. The van der Waals surface area contributed by atoms with Gasteiger partial charge in [-0.1, -0.05) is 27.7 Å². The lowest BCUT2D eigenvalue weighted by Crippen LogP contribution is -2.48. The van der Waals surface area contributed by atoms with Crippen LogP contribution >= 0.6 is 0 Å². The summed E-state index contributed by atoms with van der Waals surface area (Å²) in [6.07, 6.45) is 3.46. The van der Waals surface area contributed by atoms with Crippen molar-refractivity contribution in [3.05, 3.63) is 0 Å². The van der Waals surface area contributed by atoms with E-state index in [9.17, 15) is 9.59 Å². The van der Waals surface area contributed by atoms with Crippen LogP contribution in [-0.2, 0) is 9.59 Å². The van der Waals surface area contributed by atoms with Crippen LogP contribution in [0.25, 0.3) is 0 Å². The third-order valence-corrected chi connectivity index (χ3v) is 3.65. The molecule has 3 N–H and O–H groups in total. The summed E-state index contributed by atoms with van der Waals surface area (Å²) >= 11 is 0. The second-order valence-corrected chi connectivity index (χ2v) is 5.54. The summed E-state index contributed by atoms with van der Waals surface area (Å²) in [6.45, 7) is 11.2. The minimum absolute atomic E-state index is 0.0740. The van der Waals surface area contributed by atoms with Crippen LogP contribution in [0.3, 0.4) is 0 Å². The fourth-order valence-corrected chi connectivity index (χ4v) is 2.00. The van der Waals surface area contributed by atoms with Gasteiger partial charge in [-0.3, -0.25) is 4.79 Å². The summed E-state index contributed by atoms with van der Waals surface area (Å²) in [6, 6.07) is -0.961. The van der Waals surface area contributed by atoms with Gasteiger partial charge in [-0.15, -0.1) is 0 Å². The van der Waals surface area contributed by atoms with Crippen LogP contribution < -0.4 is 11.1 Å². The van der Waals surface area contributed by atoms with Crippen molar-refractivity contribution in [1.82, 2.24) is 10.2 Å². The van der Waals surface area contributed by atoms with E-state index in [1.165, 1.54) is 0 Å². The number of hydrogen-bond acceptors (Lipinski definition) is 4. The molecule has 5 nitrogen and oxygen atoms in total. The van der Waals surface area contributed by atoms with Crippen molar-refractivity contribution in [2.24, 2.45) is 11.7 Å². The number of carbonyl (C=O) groups excluding carboxylic acids is 2. The first kappa shape index (κ1) is 19.1. The van der Waals surface area contributed by atoms with E-state index in [2.05, 4.69) is 24.1 Å². The Balaban J connectivity index is 3.99. The maximum Gasteiger partial charge on any atom is 0.237 e. The van der Waals surface area contributed by atoms with Crippen LogP contribution in [0.5, 0.6) is 0 Å². The molecule has 0 fully saturated rings. The molecule has 0 aromatic heterocycles. The molecule has 0 spiro atoms. The van der Waals surface area contributed by atoms with E-state index >= 15 is 0 Å². The van der Waals surface area contributed by atoms with Crippen LogP contribution in [0.1, 0.15) is 47.0 Å². The van der Waals surface area contributed by atoms with Crippen LogP contribution in [0.4, 0.5) is 0 Å². The molecule has 0 radical (unpaired) electrons. The smallest absolute Gasteiger partial charge is 0.237 e. The molecular weight excluding hydrogens is 254 g/mol. The van der Waals surface area contributed by atoms with E-state index in [0.29, 0.717) is 6.42 Å². The molecule has 0 heterocycles. The Kier molecular flexibility index (Phi) is 10.3. The number of nitrogens with zero attached hydrogens (tertiary/aromatic N) is 1. The molecule has 0 aliphatic carbocycles. The third kappa shape index (κ3) is 7.60. The standard InChI is InChI=1S/C15H31N3O2/c1-5-18(6-2)10-8-7-9-13(11-19)17-15(20)14(16)12(3)4/h11-14H,5-10,16H2,1-4H3,(H,17,20)/t13-,14-/m0/s1. The number of amides is 1. The highest BCUT2D eigenvalue weighted by atomic mass is 16.2. The number of unbranched alkanes of at least 4 members (excludes halogenated alkanes) is 1. The van der Waals surface area contributed by atoms with Crippen molar-refractivity contribution >= 4 is 12.2 Å². The average molecular weight is 285 g/mol. The lowest BCUT2D eigenvalue weighted by molar-refractivity contribution is -0.126. The van der Waals surface area contributed by atoms with Gasteiger partial charge in [-0.2, -0.15) is 0 Å². The fraction of sp³-hybridized carbons (Fsp3) is 0.867. The molecule has 0 aromatic carbocycles. The van der Waals surface area contributed by atoms with E-state index in [-0.39, 0.29) is 11.8 Å². The highest BCUT2D eigenvalue weighted by Crippen LogP contribution is 2.04. The second-order valence-electron chi connectivity index (χ2n) is 5.54. The van der Waals surface area contributed by atoms with Crippen molar-refractivity contribution in [2.45, 2.75) is 59.0 Å². The minimum atomic E-state index is -0.548. The van der Waals surface area contributed by atoms with E-state index in [1.807, 2.05) is 13.8 Å². The minimum Gasteiger partial charge on any atom is -0.345 e. The zero-order valence-corrected chi connectivity index (χ0v) is 13.4. The van der Waals surface area contributed by atoms with Gasteiger partial charge >= 0.3 is 0 Å². The SMILES string of the molecule is CCN(CC)CCCC[C@@H](C=O)NC(=O)[C@@H](N)C(C)C. The Morgan fingerprint density at radius 1 is 1.25 bits per heavy atom. The molecule has 20 heavy (non-hydrogen) atoms. The highest BCUT2D eigenvalue weighted by molar-refractivity contribution is 5.84. The van der Waals surface area contributed by atoms with Gasteiger partial charge < -0.3 is 20.7 Å². The summed E-state index contributed by atoms with van der Waals surface area (Å²) in [5, 5.41) is 2.72. The van der Waals surface area contributed by atoms with Crippen molar-refractivity contribution < 1.29 is 9.59 Å². The first-order valence-electron chi connectivity index (χ1n) is 7.69. The van der Waals surface area contributed by atoms with Crippen LogP contribution in [0, 0.1) is 5.92 Å². The van der Waals surface area contributed by atoms with Gasteiger partial charge in [-0.25, -0.2) is 0 Å². The van der Waals surface area contributed by atoms with Gasteiger partial charge in [0.2, 0.25) is 5.91 Å². The molecule has 118 valence electrons. The second kappa shape index (κ2) is 10.8. The maximum absolute atomic E-state index is 11.8. The number of hydrogen-bond donors (Lipinski definition) is 2. The van der Waals surface area contributed by atoms with Crippen molar-refractivity contribution in [2.75, 3.05) is 19.6 Å². The van der Waals surface area contributed by atoms with Crippen LogP contribution in [0.2, 0.25) is 0 Å². The van der Waals surface area contributed by atoms with E-state index < -0.39 is 12.1 Å². The van der Waals surface area contributed by atoms with Crippen LogP contribution in [-0.4, -0.2) is 48.8 Å². The molecular formula is C15H31N3O2. The van der Waals surface area contributed by atoms with Crippen molar-refractivity contribution in [1.29, 1.82) is 0 Å². The molecule has 0 saturated carbocycles. The van der Waals surface area contributed by atoms with Crippen molar-refractivity contribution in [3.8, 4) is 0 Å². The van der Waals surface area contributed by atoms with Gasteiger partial charge in [-0.05, 0) is 44.8 Å². The zero-order chi connectivity index (χ0) is 15.5. The molecule has 0 aliphatic rings. The van der Waals surface area contributed by atoms with Crippen LogP contribution in [0.15, 0.2) is 0 Å². The predicted octanol–water partition coefficient (Wildman–Crippen LogP) is 1.17. The molecule has 0 unspecified atom stereocenters. The lowest BCUT2D eigenvalue weighted by atomic mass is 10.0. The number of nitrogens with one attached hydrogen (secondary N) is 1. The Morgan fingerprint density at radius 2 is 1.85 bits per heavy atom. The number of rotatable bonds is 11. The number of nitrogens with two attached hydrogens (primary N) is 1. The van der Waals surface area contributed by atoms with Gasteiger partial charge in [0.15, 0.2) is 0 Å². The van der Waals surface area contributed by atoms with Crippen molar-refractivity contribution in [3.63, 3.8) is 0 Å². The zero-order valence-electron chi connectivity index (χ0n) is 13.4. The Hall–Kier alpha value is -0.940. The fourth-order valence-electron chi connectivity index (χ4n) is 2.00. The third-order valence-electron chi connectivity index (χ3n) is 3.65. The summed E-state index contributed by atoms with van der Waals surface area (Å²) in [5.41, 5.74) is 5.76. The Bertz CT molecular complexity index is 278. The Morgan fingerprint density at radius 3 is 2.30 bits per heavy atom. The summed E-state index contributed by atoms with van der Waals surface area (Å²) in [4.78, 5) is 25.1. The quantitative estimate of drug-likeness (QED) is 0.441. The maximum atomic E-state index is 11.8. The lowest BCUT2D eigenvalue weighted by Gasteiger charge is -2.20. The molecule has 0 aromatic rings. The molecule has 0 aliphatic heterocycles. The highest BCUT2D eigenvalue weighted by Gasteiger charge is 2.20. The van der Waals surface area contributed by atoms with E-state index in [1.54, 1.807) is 0 Å². The summed E-state index contributed by atoms with van der Waals surface area (Å²) in [5.74, 6) is -0.161. The number of aldehydes is 1. The molecule has 2 atom stereocenters. The monoisotopic (exact) mass is 285 g/mol. The first-order chi connectivity index (χ1) is 9.46. The molecule has 0 rings (SSSR count). The Labute approximate surface area is 123 Å². The summed E-state index contributed by atoms with van der Waals surface area (Å²) < 4.78 is 0. The average Bonchev–Trinajstić information content (AvgIpc) is 2.44. The molecule has 1 amide bonds. The predicted molar refractivity (Wildman–Crippen MR) is 82.4 cm³/mol.